The molecule has 4 nitrogen and oxygen atoms in total. The van der Waals surface area contributed by atoms with Crippen molar-refractivity contribution >= 4 is 29.2 Å². The molecule has 146 valence electrons. The monoisotopic (exact) mass is 396 g/mol. The van der Waals surface area contributed by atoms with Gasteiger partial charge in [0.25, 0.3) is 0 Å². The number of benzene rings is 2. The van der Waals surface area contributed by atoms with Gasteiger partial charge in [-0.3, -0.25) is 14.3 Å². The zero-order chi connectivity index (χ0) is 18.4. The third-order valence-electron chi connectivity index (χ3n) is 6.07. The van der Waals surface area contributed by atoms with Crippen LogP contribution < -0.4 is 4.74 Å². The SMILES string of the molecule is COc1ccc2c(c1)c1c3n2C(=O)CCCC3N(Cc2ccccc2)CC1.Cl. The Hall–Kier alpha value is -2.30. The fourth-order valence-electron chi connectivity index (χ4n) is 4.83. The Kier molecular flexibility index (Phi) is 5.17. The van der Waals surface area contributed by atoms with E-state index in [1.54, 1.807) is 7.11 Å². The van der Waals surface area contributed by atoms with Crippen molar-refractivity contribution in [1.29, 1.82) is 0 Å². The first-order valence-electron chi connectivity index (χ1n) is 9.78. The highest BCUT2D eigenvalue weighted by atomic mass is 35.5. The van der Waals surface area contributed by atoms with E-state index in [9.17, 15) is 4.79 Å². The van der Waals surface area contributed by atoms with Gasteiger partial charge in [0.2, 0.25) is 5.91 Å². The van der Waals surface area contributed by atoms with Crippen LogP contribution in [-0.2, 0) is 13.0 Å². The molecule has 0 saturated heterocycles. The maximum atomic E-state index is 13.0. The third-order valence-corrected chi connectivity index (χ3v) is 6.07. The van der Waals surface area contributed by atoms with Crippen molar-refractivity contribution < 1.29 is 9.53 Å². The van der Waals surface area contributed by atoms with Crippen LogP contribution in [0.3, 0.4) is 0 Å². The van der Waals surface area contributed by atoms with Crippen molar-refractivity contribution in [2.75, 3.05) is 13.7 Å². The summed E-state index contributed by atoms with van der Waals surface area (Å²) >= 11 is 0. The van der Waals surface area contributed by atoms with E-state index >= 15 is 0 Å². The summed E-state index contributed by atoms with van der Waals surface area (Å²) in [6.07, 6.45) is 3.59. The minimum atomic E-state index is 0. The number of rotatable bonds is 3. The van der Waals surface area contributed by atoms with Gasteiger partial charge in [-0.15, -0.1) is 12.4 Å². The van der Waals surface area contributed by atoms with Gasteiger partial charge in [-0.2, -0.15) is 0 Å². The third kappa shape index (κ3) is 3.01. The van der Waals surface area contributed by atoms with Crippen LogP contribution in [0.4, 0.5) is 0 Å². The second kappa shape index (κ2) is 7.61. The lowest BCUT2D eigenvalue weighted by atomic mass is 9.94. The molecule has 0 N–H and O–H groups in total. The van der Waals surface area contributed by atoms with E-state index in [4.69, 9.17) is 4.74 Å². The van der Waals surface area contributed by atoms with Gasteiger partial charge < -0.3 is 4.74 Å². The molecule has 0 fully saturated rings. The predicted molar refractivity (Wildman–Crippen MR) is 114 cm³/mol. The van der Waals surface area contributed by atoms with E-state index < -0.39 is 0 Å². The van der Waals surface area contributed by atoms with Crippen LogP contribution in [-0.4, -0.2) is 29.0 Å². The van der Waals surface area contributed by atoms with Gasteiger partial charge in [-0.1, -0.05) is 30.3 Å². The van der Waals surface area contributed by atoms with E-state index in [1.807, 2.05) is 16.7 Å². The van der Waals surface area contributed by atoms with Gasteiger partial charge in [0.15, 0.2) is 0 Å². The Labute approximate surface area is 171 Å². The van der Waals surface area contributed by atoms with Crippen LogP contribution in [0, 0.1) is 0 Å². The summed E-state index contributed by atoms with van der Waals surface area (Å²) in [5, 5.41) is 1.18. The van der Waals surface area contributed by atoms with Crippen molar-refractivity contribution in [1.82, 2.24) is 9.47 Å². The second-order valence-corrected chi connectivity index (χ2v) is 7.59. The van der Waals surface area contributed by atoms with Crippen molar-refractivity contribution in [3.63, 3.8) is 0 Å². The fourth-order valence-corrected chi connectivity index (χ4v) is 4.83. The molecule has 5 heteroatoms. The summed E-state index contributed by atoms with van der Waals surface area (Å²) in [7, 11) is 1.70. The maximum absolute atomic E-state index is 13.0. The summed E-state index contributed by atoms with van der Waals surface area (Å²) in [5.41, 5.74) is 4.94. The molecule has 5 rings (SSSR count). The zero-order valence-corrected chi connectivity index (χ0v) is 16.9. The Morgan fingerprint density at radius 2 is 1.93 bits per heavy atom. The molecule has 0 amide bonds. The van der Waals surface area contributed by atoms with E-state index in [0.29, 0.717) is 12.5 Å². The Balaban J connectivity index is 0.00000192. The number of aromatic nitrogens is 1. The van der Waals surface area contributed by atoms with E-state index in [1.165, 1.54) is 22.2 Å². The highest BCUT2D eigenvalue weighted by Gasteiger charge is 2.36. The summed E-state index contributed by atoms with van der Waals surface area (Å²) in [4.78, 5) is 15.5. The lowest BCUT2D eigenvalue weighted by Crippen LogP contribution is -2.35. The van der Waals surface area contributed by atoms with Crippen LogP contribution in [0.15, 0.2) is 48.5 Å². The van der Waals surface area contributed by atoms with Crippen LogP contribution in [0.1, 0.15) is 46.9 Å². The number of ether oxygens (including phenoxy) is 1. The summed E-state index contributed by atoms with van der Waals surface area (Å²) < 4.78 is 7.46. The number of carbonyl (C=O) groups is 1. The van der Waals surface area contributed by atoms with Crippen molar-refractivity contribution in [3.8, 4) is 5.75 Å². The first-order valence-corrected chi connectivity index (χ1v) is 9.78. The first-order chi connectivity index (χ1) is 13.3. The molecule has 1 unspecified atom stereocenters. The lowest BCUT2D eigenvalue weighted by molar-refractivity contribution is 0.0906. The molecule has 2 aliphatic rings. The van der Waals surface area contributed by atoms with Crippen LogP contribution >= 0.6 is 12.4 Å². The van der Waals surface area contributed by atoms with Crippen molar-refractivity contribution in [2.45, 2.75) is 38.3 Å². The molecule has 0 spiro atoms. The summed E-state index contributed by atoms with van der Waals surface area (Å²) in [6, 6.07) is 17.1. The number of nitrogens with zero attached hydrogens (tertiary/aromatic N) is 2. The highest BCUT2D eigenvalue weighted by molar-refractivity contribution is 5.97. The number of halogens is 1. The van der Waals surface area contributed by atoms with E-state index in [2.05, 4.69) is 41.3 Å². The van der Waals surface area contributed by atoms with Gasteiger partial charge in [-0.25, -0.2) is 0 Å². The van der Waals surface area contributed by atoms with Crippen molar-refractivity contribution in [2.24, 2.45) is 0 Å². The normalized spacial score (nSPS) is 19.0. The average molecular weight is 397 g/mol. The molecule has 1 atom stereocenters. The standard InChI is InChI=1S/C23H24N2O2.ClH/c1-27-17-10-11-20-19(14-17)18-12-13-24(15-16-6-3-2-4-7-16)21-8-5-9-22(26)25(20)23(18)21;/h2-4,6-7,10-11,14,21H,5,8-9,12-13,15H2,1H3;1H. The second-order valence-electron chi connectivity index (χ2n) is 7.59. The lowest BCUT2D eigenvalue weighted by Gasteiger charge is -2.36. The topological polar surface area (TPSA) is 34.5 Å². The van der Waals surface area contributed by atoms with Gasteiger partial charge in [0, 0.05) is 30.6 Å². The number of carbonyl (C=O) groups excluding carboxylic acids is 1. The molecule has 0 saturated carbocycles. The molecule has 28 heavy (non-hydrogen) atoms. The molecule has 2 aliphatic heterocycles. The largest absolute Gasteiger partial charge is 0.497 e. The molecule has 1 aromatic heterocycles. The Morgan fingerprint density at radius 1 is 1.11 bits per heavy atom. The molecule has 0 radical (unpaired) electrons. The van der Waals surface area contributed by atoms with Gasteiger partial charge in [0.1, 0.15) is 5.75 Å². The predicted octanol–water partition coefficient (Wildman–Crippen LogP) is 5.00. The van der Waals surface area contributed by atoms with Gasteiger partial charge in [-0.05, 0) is 48.6 Å². The van der Waals surface area contributed by atoms with Crippen LogP contribution in [0.5, 0.6) is 5.75 Å². The molecular formula is C23H25ClN2O2. The Bertz CT molecular complexity index is 1010. The fraction of sp³-hybridized carbons (Fsp3) is 0.348. The molecule has 2 aromatic carbocycles. The molecule has 0 aliphatic carbocycles. The maximum Gasteiger partial charge on any atom is 0.231 e. The number of hydrogen-bond donors (Lipinski definition) is 0. The average Bonchev–Trinajstić information content (AvgIpc) is 2.93. The number of methoxy groups -OCH3 is 1. The first kappa shape index (κ1) is 19.0. The minimum absolute atomic E-state index is 0. The number of fused-ring (bicyclic) bond motifs is 3. The Morgan fingerprint density at radius 3 is 2.71 bits per heavy atom. The van der Waals surface area contributed by atoms with Gasteiger partial charge in [0.05, 0.1) is 18.7 Å². The molecule has 0 bridgehead atoms. The summed E-state index contributed by atoms with van der Waals surface area (Å²) in [6.45, 7) is 1.96. The number of hydrogen-bond acceptors (Lipinski definition) is 3. The van der Waals surface area contributed by atoms with E-state index in [-0.39, 0.29) is 18.3 Å². The highest BCUT2D eigenvalue weighted by Crippen LogP contribution is 2.42. The summed E-state index contributed by atoms with van der Waals surface area (Å²) in [5.74, 6) is 1.09. The minimum Gasteiger partial charge on any atom is -0.497 e. The van der Waals surface area contributed by atoms with Crippen LogP contribution in [0.2, 0.25) is 0 Å². The van der Waals surface area contributed by atoms with E-state index in [0.717, 1.165) is 43.6 Å². The molecular weight excluding hydrogens is 372 g/mol. The quantitative estimate of drug-likeness (QED) is 0.625. The molecule has 3 aromatic rings. The molecule has 3 heterocycles. The van der Waals surface area contributed by atoms with Gasteiger partial charge >= 0.3 is 0 Å². The zero-order valence-electron chi connectivity index (χ0n) is 16.1. The van der Waals surface area contributed by atoms with Crippen molar-refractivity contribution in [3.05, 3.63) is 65.4 Å². The smallest absolute Gasteiger partial charge is 0.231 e. The van der Waals surface area contributed by atoms with Crippen LogP contribution in [0.25, 0.3) is 10.9 Å².